The normalized spacial score (nSPS) is 11.8. The molecule has 3 heterocycles. The fourth-order valence-electron chi connectivity index (χ4n) is 3.18. The average molecular weight is 449 g/mol. The maximum Gasteiger partial charge on any atom is 0.417 e. The minimum atomic E-state index is -4.52. The Morgan fingerprint density at radius 1 is 1.13 bits per heavy atom. The highest BCUT2D eigenvalue weighted by Crippen LogP contribution is 2.28. The molecule has 0 bridgehead atoms. The van der Waals surface area contributed by atoms with Crippen molar-refractivity contribution in [3.8, 4) is 5.82 Å². The summed E-state index contributed by atoms with van der Waals surface area (Å²) in [5.74, 6) is 0.794. The van der Waals surface area contributed by atoms with Crippen molar-refractivity contribution in [1.82, 2.24) is 24.3 Å². The Morgan fingerprint density at radius 3 is 2.61 bits per heavy atom. The summed E-state index contributed by atoms with van der Waals surface area (Å²) in [6.45, 7) is 2.93. The second-order valence-electron chi connectivity index (χ2n) is 6.72. The molecule has 3 aromatic heterocycles. The second-order valence-corrected chi connectivity index (χ2v) is 7.10. The Morgan fingerprint density at radius 2 is 1.90 bits per heavy atom. The van der Waals surface area contributed by atoms with Crippen LogP contribution < -0.4 is 10.9 Å². The molecule has 1 aromatic carbocycles. The van der Waals surface area contributed by atoms with Crippen LogP contribution in [-0.4, -0.2) is 30.9 Å². The Bertz CT molecular complexity index is 1300. The highest BCUT2D eigenvalue weighted by atomic mass is 35.5. The number of pyridine rings is 1. The summed E-state index contributed by atoms with van der Waals surface area (Å²) in [5.41, 5.74) is 0.595. The van der Waals surface area contributed by atoms with Crippen molar-refractivity contribution in [3.63, 3.8) is 0 Å². The molecule has 0 saturated heterocycles. The standard InChI is InChI=1S/C20H16ClF3N6O/c1-12-28-14-4-2-3-5-16(14)29(12)9-8-25-15-11-27-30(19(31)18(15)21)17-7-6-13(10-26-17)20(22,23)24/h2-7,10-11,25H,8-9H2,1H3. The van der Waals surface area contributed by atoms with E-state index in [1.165, 1.54) is 6.20 Å². The summed E-state index contributed by atoms with van der Waals surface area (Å²) in [5, 5.41) is 6.91. The molecule has 1 N–H and O–H groups in total. The Balaban J connectivity index is 1.51. The number of nitrogens with zero attached hydrogens (tertiary/aromatic N) is 5. The summed E-state index contributed by atoms with van der Waals surface area (Å²) in [4.78, 5) is 20.7. The predicted octanol–water partition coefficient (Wildman–Crippen LogP) is 4.07. The van der Waals surface area contributed by atoms with E-state index in [-0.39, 0.29) is 10.8 Å². The van der Waals surface area contributed by atoms with E-state index in [4.69, 9.17) is 11.6 Å². The molecule has 160 valence electrons. The topological polar surface area (TPSA) is 77.6 Å². The van der Waals surface area contributed by atoms with Crippen LogP contribution in [0.2, 0.25) is 5.02 Å². The summed E-state index contributed by atoms with van der Waals surface area (Å²) in [6.07, 6.45) is -2.54. The van der Waals surface area contributed by atoms with Gasteiger partial charge in [0.05, 0.1) is 28.5 Å². The first-order valence-electron chi connectivity index (χ1n) is 9.23. The molecule has 4 aromatic rings. The van der Waals surface area contributed by atoms with Crippen LogP contribution in [0.5, 0.6) is 0 Å². The third-order valence-corrected chi connectivity index (χ3v) is 5.07. The van der Waals surface area contributed by atoms with Gasteiger partial charge in [-0.15, -0.1) is 0 Å². The van der Waals surface area contributed by atoms with E-state index in [9.17, 15) is 18.0 Å². The Kier molecular flexibility index (Phi) is 5.40. The number of fused-ring (bicyclic) bond motifs is 1. The number of aryl methyl sites for hydroxylation is 1. The van der Waals surface area contributed by atoms with Gasteiger partial charge in [-0.2, -0.15) is 23.0 Å². The van der Waals surface area contributed by atoms with E-state index in [0.717, 1.165) is 33.7 Å². The van der Waals surface area contributed by atoms with Crippen molar-refractivity contribution in [2.45, 2.75) is 19.6 Å². The molecule has 0 atom stereocenters. The molecular formula is C20H16ClF3N6O. The highest BCUT2D eigenvalue weighted by Gasteiger charge is 2.30. The van der Waals surface area contributed by atoms with Crippen LogP contribution in [0, 0.1) is 6.92 Å². The third kappa shape index (κ3) is 4.11. The van der Waals surface area contributed by atoms with Crippen LogP contribution in [0.3, 0.4) is 0 Å². The Labute approximate surface area is 179 Å². The zero-order valence-electron chi connectivity index (χ0n) is 16.2. The molecule has 0 fully saturated rings. The predicted molar refractivity (Wildman–Crippen MR) is 111 cm³/mol. The first kappa shape index (κ1) is 20.9. The van der Waals surface area contributed by atoms with Gasteiger partial charge < -0.3 is 9.88 Å². The number of aromatic nitrogens is 5. The van der Waals surface area contributed by atoms with Gasteiger partial charge in [0, 0.05) is 19.3 Å². The van der Waals surface area contributed by atoms with Crippen LogP contribution in [0.4, 0.5) is 18.9 Å². The van der Waals surface area contributed by atoms with Crippen LogP contribution in [0.1, 0.15) is 11.4 Å². The van der Waals surface area contributed by atoms with Crippen molar-refractivity contribution in [2.24, 2.45) is 0 Å². The fraction of sp³-hybridized carbons (Fsp3) is 0.200. The molecule has 0 aliphatic rings. The average Bonchev–Trinajstić information content (AvgIpc) is 3.06. The summed E-state index contributed by atoms with van der Waals surface area (Å²) < 4.78 is 41.0. The number of benzene rings is 1. The number of halogens is 4. The van der Waals surface area contributed by atoms with Crippen LogP contribution in [0.15, 0.2) is 53.6 Å². The molecule has 4 rings (SSSR count). The SMILES string of the molecule is Cc1nc2ccccc2n1CCNc1cnn(-c2ccc(C(F)(F)F)cn2)c(=O)c1Cl. The van der Waals surface area contributed by atoms with Crippen molar-refractivity contribution in [1.29, 1.82) is 0 Å². The monoisotopic (exact) mass is 448 g/mol. The first-order chi connectivity index (χ1) is 14.8. The van der Waals surface area contributed by atoms with Crippen molar-refractivity contribution in [2.75, 3.05) is 11.9 Å². The number of alkyl halides is 3. The number of imidazole rings is 1. The van der Waals surface area contributed by atoms with E-state index < -0.39 is 17.3 Å². The minimum absolute atomic E-state index is 0.0630. The van der Waals surface area contributed by atoms with Gasteiger partial charge in [0.2, 0.25) is 0 Å². The van der Waals surface area contributed by atoms with Gasteiger partial charge in [-0.1, -0.05) is 23.7 Å². The number of hydrogen-bond donors (Lipinski definition) is 1. The van der Waals surface area contributed by atoms with E-state index in [0.29, 0.717) is 25.0 Å². The van der Waals surface area contributed by atoms with Gasteiger partial charge in [0.25, 0.3) is 5.56 Å². The van der Waals surface area contributed by atoms with Gasteiger partial charge in [-0.3, -0.25) is 4.79 Å². The van der Waals surface area contributed by atoms with Crippen molar-refractivity contribution in [3.05, 3.63) is 75.6 Å². The number of rotatable bonds is 5. The van der Waals surface area contributed by atoms with Gasteiger partial charge in [0.15, 0.2) is 5.82 Å². The van der Waals surface area contributed by atoms with E-state index in [1.807, 2.05) is 35.8 Å². The number of anilines is 1. The minimum Gasteiger partial charge on any atom is -0.381 e. The molecular weight excluding hydrogens is 433 g/mol. The lowest BCUT2D eigenvalue weighted by Crippen LogP contribution is -2.24. The first-order valence-corrected chi connectivity index (χ1v) is 9.60. The third-order valence-electron chi connectivity index (χ3n) is 4.71. The maximum atomic E-state index is 12.7. The molecule has 0 saturated carbocycles. The van der Waals surface area contributed by atoms with Crippen LogP contribution in [-0.2, 0) is 12.7 Å². The molecule has 0 aliphatic carbocycles. The Hall–Kier alpha value is -3.40. The molecule has 0 spiro atoms. The lowest BCUT2D eigenvalue weighted by atomic mass is 10.3. The highest BCUT2D eigenvalue weighted by molar-refractivity contribution is 6.32. The number of hydrogen-bond acceptors (Lipinski definition) is 5. The van der Waals surface area contributed by atoms with E-state index in [1.54, 1.807) is 0 Å². The second kappa shape index (κ2) is 8.03. The van der Waals surface area contributed by atoms with Crippen molar-refractivity contribution < 1.29 is 13.2 Å². The fourth-order valence-corrected chi connectivity index (χ4v) is 3.37. The van der Waals surface area contributed by atoms with Gasteiger partial charge in [-0.05, 0) is 31.2 Å². The summed E-state index contributed by atoms with van der Waals surface area (Å²) in [7, 11) is 0. The van der Waals surface area contributed by atoms with Gasteiger partial charge in [-0.25, -0.2) is 9.97 Å². The zero-order chi connectivity index (χ0) is 22.2. The number of para-hydroxylation sites is 2. The molecule has 0 unspecified atom stereocenters. The van der Waals surface area contributed by atoms with E-state index >= 15 is 0 Å². The van der Waals surface area contributed by atoms with Gasteiger partial charge >= 0.3 is 6.18 Å². The molecule has 7 nitrogen and oxygen atoms in total. The van der Waals surface area contributed by atoms with Crippen LogP contribution >= 0.6 is 11.6 Å². The number of nitrogens with one attached hydrogen (secondary N) is 1. The maximum absolute atomic E-state index is 12.7. The summed E-state index contributed by atoms with van der Waals surface area (Å²) >= 11 is 6.18. The smallest absolute Gasteiger partial charge is 0.381 e. The molecule has 11 heteroatoms. The lowest BCUT2D eigenvalue weighted by Gasteiger charge is -2.12. The molecule has 0 amide bonds. The zero-order valence-corrected chi connectivity index (χ0v) is 16.9. The van der Waals surface area contributed by atoms with E-state index in [2.05, 4.69) is 20.4 Å². The summed E-state index contributed by atoms with van der Waals surface area (Å²) in [6, 6.07) is 9.65. The largest absolute Gasteiger partial charge is 0.417 e. The molecule has 31 heavy (non-hydrogen) atoms. The van der Waals surface area contributed by atoms with Gasteiger partial charge in [0.1, 0.15) is 10.8 Å². The molecule has 0 aliphatic heterocycles. The lowest BCUT2D eigenvalue weighted by molar-refractivity contribution is -0.137. The van der Waals surface area contributed by atoms with Crippen molar-refractivity contribution >= 4 is 28.3 Å². The molecule has 0 radical (unpaired) electrons. The van der Waals surface area contributed by atoms with Crippen LogP contribution in [0.25, 0.3) is 16.9 Å². The quantitative estimate of drug-likeness (QED) is 0.498.